The average Bonchev–Trinajstić information content (AvgIpc) is 3.58. The Hall–Kier alpha value is -3.76. The number of ether oxygens (including phenoxy) is 1. The van der Waals surface area contributed by atoms with E-state index in [9.17, 15) is 31.1 Å². The van der Waals surface area contributed by atoms with E-state index < -0.39 is 35.7 Å². The Morgan fingerprint density at radius 2 is 1.74 bits per heavy atom. The van der Waals surface area contributed by atoms with Crippen LogP contribution in [0.15, 0.2) is 60.8 Å². The van der Waals surface area contributed by atoms with E-state index in [1.807, 2.05) is 0 Å². The Kier molecular flexibility index (Phi) is 6.35. The molecule has 3 aromatic rings. The zero-order valence-corrected chi connectivity index (χ0v) is 17.8. The van der Waals surface area contributed by atoms with E-state index in [2.05, 4.69) is 15.0 Å². The van der Waals surface area contributed by atoms with E-state index in [0.29, 0.717) is 23.4 Å². The van der Waals surface area contributed by atoms with Crippen molar-refractivity contribution < 1.29 is 41.0 Å². The predicted octanol–water partition coefficient (Wildman–Crippen LogP) is 6.47. The molecular weight excluding hydrogens is 478 g/mol. The fraction of sp³-hybridized carbons (Fsp3) is 0.250. The Balaban J connectivity index is 1.50. The lowest BCUT2D eigenvalue weighted by molar-refractivity contribution is -0.274. The van der Waals surface area contributed by atoms with Crippen LogP contribution >= 0.6 is 0 Å². The number of aromatic nitrogens is 1. The van der Waals surface area contributed by atoms with Crippen LogP contribution in [0.25, 0.3) is 11.1 Å². The van der Waals surface area contributed by atoms with Gasteiger partial charge in [0.15, 0.2) is 0 Å². The number of anilines is 1. The van der Waals surface area contributed by atoms with Crippen LogP contribution in [0.4, 0.5) is 32.0 Å². The number of hydrogen-bond acceptors (Lipinski definition) is 4. The smallest absolute Gasteiger partial charge is 0.481 e. The van der Waals surface area contributed by atoms with Crippen molar-refractivity contribution in [1.29, 1.82) is 0 Å². The molecule has 5 nitrogen and oxygen atoms in total. The lowest BCUT2D eigenvalue weighted by Crippen LogP contribution is -2.17. The molecular formula is C24H18F6N2O3. The monoisotopic (exact) mass is 496 g/mol. The number of alkyl halides is 6. The third-order valence-corrected chi connectivity index (χ3v) is 5.56. The van der Waals surface area contributed by atoms with E-state index in [-0.39, 0.29) is 23.6 Å². The van der Waals surface area contributed by atoms with Crippen molar-refractivity contribution in [3.8, 4) is 16.9 Å². The number of hydrogen-bond donors (Lipinski definition) is 2. The van der Waals surface area contributed by atoms with Gasteiger partial charge in [-0.3, -0.25) is 9.78 Å². The second-order valence-electron chi connectivity index (χ2n) is 8.06. The van der Waals surface area contributed by atoms with Gasteiger partial charge >= 0.3 is 18.5 Å². The number of carbonyl (C=O) groups is 1. The first kappa shape index (κ1) is 24.4. The quantitative estimate of drug-likeness (QED) is 0.367. The number of aliphatic carboxylic acids is 1. The van der Waals surface area contributed by atoms with E-state index in [4.69, 9.17) is 5.11 Å². The molecule has 1 fully saturated rings. The SMILES string of the molecule is O=C(O)[C@H]1C[C@@H]1c1ccc(NCc2ccc(C(F)(F)F)c(-c3ccc(OC(F)(F)F)cc3)c2)cn1. The summed E-state index contributed by atoms with van der Waals surface area (Å²) in [6, 6.07) is 11.1. The van der Waals surface area contributed by atoms with Crippen molar-refractivity contribution in [2.75, 3.05) is 5.32 Å². The Labute approximate surface area is 195 Å². The standard InChI is InChI=1S/C24H18F6N2O3/c25-23(26,27)20-7-1-13(9-17(20)14-2-5-16(6-3-14)35-24(28,29)30)11-31-15-4-8-21(32-12-15)18-10-19(18)22(33)34/h1-9,12,18-19,31H,10-11H2,(H,33,34)/t18-,19-/m0/s1. The van der Waals surface area contributed by atoms with Gasteiger partial charge in [0, 0.05) is 18.2 Å². The lowest BCUT2D eigenvalue weighted by Gasteiger charge is -2.16. The Morgan fingerprint density at radius 1 is 1.03 bits per heavy atom. The molecule has 1 heterocycles. The number of halogens is 6. The van der Waals surface area contributed by atoms with E-state index in [1.165, 1.54) is 18.3 Å². The van der Waals surface area contributed by atoms with Gasteiger partial charge in [0.2, 0.25) is 0 Å². The summed E-state index contributed by atoms with van der Waals surface area (Å²) in [7, 11) is 0. The molecule has 0 amide bonds. The maximum absolute atomic E-state index is 13.6. The third kappa shape index (κ3) is 6.03. The van der Waals surface area contributed by atoms with E-state index in [0.717, 1.165) is 30.3 Å². The van der Waals surface area contributed by atoms with Crippen molar-refractivity contribution in [1.82, 2.24) is 4.98 Å². The predicted molar refractivity (Wildman–Crippen MR) is 114 cm³/mol. The van der Waals surface area contributed by atoms with Gasteiger partial charge in [-0.05, 0) is 59.5 Å². The highest BCUT2D eigenvalue weighted by atomic mass is 19.4. The van der Waals surface area contributed by atoms with Gasteiger partial charge in [-0.25, -0.2) is 0 Å². The highest BCUT2D eigenvalue weighted by Crippen LogP contribution is 2.46. The van der Waals surface area contributed by atoms with E-state index >= 15 is 0 Å². The summed E-state index contributed by atoms with van der Waals surface area (Å²) in [6.07, 6.45) is -7.52. The molecule has 0 bridgehead atoms. The van der Waals surface area contributed by atoms with Crippen molar-refractivity contribution in [3.05, 3.63) is 77.6 Å². The van der Waals surface area contributed by atoms with Gasteiger partial charge in [0.05, 0.1) is 23.4 Å². The minimum absolute atomic E-state index is 0.0807. The molecule has 2 aromatic carbocycles. The number of nitrogens with zero attached hydrogens (tertiary/aromatic N) is 1. The first-order chi connectivity index (χ1) is 16.4. The third-order valence-electron chi connectivity index (χ3n) is 5.56. The number of benzene rings is 2. The molecule has 0 unspecified atom stereocenters. The lowest BCUT2D eigenvalue weighted by atomic mass is 9.96. The largest absolute Gasteiger partial charge is 0.573 e. The highest BCUT2D eigenvalue weighted by molar-refractivity contribution is 5.75. The average molecular weight is 496 g/mol. The van der Waals surface area contributed by atoms with Crippen LogP contribution in [0.3, 0.4) is 0 Å². The van der Waals surface area contributed by atoms with Gasteiger partial charge in [-0.15, -0.1) is 13.2 Å². The summed E-state index contributed by atoms with van der Waals surface area (Å²) in [4.78, 5) is 15.3. The van der Waals surface area contributed by atoms with Crippen LogP contribution < -0.4 is 10.1 Å². The molecule has 184 valence electrons. The number of nitrogens with one attached hydrogen (secondary N) is 1. The number of rotatable bonds is 7. The molecule has 1 aliphatic rings. The molecule has 0 radical (unpaired) electrons. The fourth-order valence-electron chi connectivity index (χ4n) is 3.75. The number of pyridine rings is 1. The molecule has 11 heteroatoms. The number of carboxylic acid groups (broad SMARTS) is 1. The van der Waals surface area contributed by atoms with Crippen molar-refractivity contribution in [3.63, 3.8) is 0 Å². The Bertz CT molecular complexity index is 1210. The van der Waals surface area contributed by atoms with Gasteiger partial charge in [0.25, 0.3) is 0 Å². The van der Waals surface area contributed by atoms with Gasteiger partial charge in [-0.2, -0.15) is 13.2 Å². The molecule has 0 spiro atoms. The summed E-state index contributed by atoms with van der Waals surface area (Å²) in [5.41, 5.74) is 0.735. The van der Waals surface area contributed by atoms with Crippen molar-refractivity contribution in [2.24, 2.45) is 5.92 Å². The van der Waals surface area contributed by atoms with Gasteiger partial charge in [0.1, 0.15) is 5.75 Å². The molecule has 1 aromatic heterocycles. The second-order valence-corrected chi connectivity index (χ2v) is 8.06. The second kappa shape index (κ2) is 9.12. The minimum atomic E-state index is -4.91. The minimum Gasteiger partial charge on any atom is -0.481 e. The van der Waals surface area contributed by atoms with Crippen LogP contribution in [0.2, 0.25) is 0 Å². The summed E-state index contributed by atoms with van der Waals surface area (Å²) in [5.74, 6) is -1.95. The van der Waals surface area contributed by atoms with Crippen LogP contribution in [0, 0.1) is 5.92 Å². The summed E-state index contributed by atoms with van der Waals surface area (Å²) >= 11 is 0. The first-order valence-corrected chi connectivity index (χ1v) is 10.4. The van der Waals surface area contributed by atoms with E-state index in [1.54, 1.807) is 12.1 Å². The zero-order chi connectivity index (χ0) is 25.4. The molecule has 2 N–H and O–H groups in total. The molecule has 1 saturated carbocycles. The zero-order valence-electron chi connectivity index (χ0n) is 17.8. The maximum Gasteiger partial charge on any atom is 0.573 e. The molecule has 1 aliphatic carbocycles. The van der Waals surface area contributed by atoms with Crippen LogP contribution in [0.5, 0.6) is 5.75 Å². The van der Waals surface area contributed by atoms with Crippen molar-refractivity contribution >= 4 is 11.7 Å². The van der Waals surface area contributed by atoms with Gasteiger partial charge in [-0.1, -0.05) is 18.2 Å². The highest BCUT2D eigenvalue weighted by Gasteiger charge is 2.45. The summed E-state index contributed by atoms with van der Waals surface area (Å²) in [5, 5.41) is 12.1. The van der Waals surface area contributed by atoms with Crippen molar-refractivity contribution in [2.45, 2.75) is 31.4 Å². The molecule has 0 aliphatic heterocycles. The molecule has 2 atom stereocenters. The normalized spacial score (nSPS) is 17.7. The summed E-state index contributed by atoms with van der Waals surface area (Å²) < 4.78 is 81.6. The maximum atomic E-state index is 13.6. The molecule has 0 saturated heterocycles. The first-order valence-electron chi connectivity index (χ1n) is 10.4. The molecule has 4 rings (SSSR count). The summed E-state index contributed by atoms with van der Waals surface area (Å²) in [6.45, 7) is 0.155. The van der Waals surface area contributed by atoms with Crippen LogP contribution in [-0.4, -0.2) is 22.4 Å². The topological polar surface area (TPSA) is 71.5 Å². The van der Waals surface area contributed by atoms with Crippen LogP contribution in [0.1, 0.15) is 29.2 Å². The molecule has 35 heavy (non-hydrogen) atoms. The van der Waals surface area contributed by atoms with Crippen LogP contribution in [-0.2, 0) is 17.5 Å². The number of carboxylic acids is 1. The van der Waals surface area contributed by atoms with Gasteiger partial charge < -0.3 is 15.2 Å². The Morgan fingerprint density at radius 3 is 2.29 bits per heavy atom. The fourth-order valence-corrected chi connectivity index (χ4v) is 3.75.